The molecule has 1 N–H and O–H groups in total. The summed E-state index contributed by atoms with van der Waals surface area (Å²) < 4.78 is 4.81. The van der Waals surface area contributed by atoms with Crippen LogP contribution in [0.4, 0.5) is 5.69 Å². The minimum atomic E-state index is -0.397. The lowest BCUT2D eigenvalue weighted by Gasteiger charge is -2.11. The van der Waals surface area contributed by atoms with E-state index in [9.17, 15) is 9.59 Å². The van der Waals surface area contributed by atoms with Crippen molar-refractivity contribution in [2.75, 3.05) is 33.2 Å². The average molecular weight is 310 g/mol. The van der Waals surface area contributed by atoms with E-state index in [1.54, 1.807) is 6.07 Å². The predicted octanol–water partition coefficient (Wildman–Crippen LogP) is 2.84. The average Bonchev–Trinajstić information content (AvgIpc) is 3.12. The Balaban J connectivity index is 2.22. The van der Waals surface area contributed by atoms with E-state index < -0.39 is 5.97 Å². The van der Waals surface area contributed by atoms with Gasteiger partial charge in [0, 0.05) is 5.92 Å². The summed E-state index contributed by atoms with van der Waals surface area (Å²) in [4.78, 5) is 27.4. The van der Waals surface area contributed by atoms with E-state index in [1.165, 1.54) is 18.4 Å². The molecule has 1 aromatic rings. The molecule has 1 saturated carbocycles. The molecular formula is C15H22N2O3S. The molecule has 0 aliphatic heterocycles. The van der Waals surface area contributed by atoms with Crippen molar-refractivity contribution in [3.63, 3.8) is 0 Å². The summed E-state index contributed by atoms with van der Waals surface area (Å²) in [7, 11) is 5.22. The van der Waals surface area contributed by atoms with Crippen molar-refractivity contribution in [1.29, 1.82) is 0 Å². The van der Waals surface area contributed by atoms with Crippen molar-refractivity contribution < 1.29 is 14.3 Å². The Morgan fingerprint density at radius 2 is 2.05 bits per heavy atom. The number of esters is 1. The predicted molar refractivity (Wildman–Crippen MR) is 84.1 cm³/mol. The lowest BCUT2D eigenvalue weighted by molar-refractivity contribution is 0.0607. The fourth-order valence-electron chi connectivity index (χ4n) is 2.52. The van der Waals surface area contributed by atoms with Gasteiger partial charge in [-0.2, -0.15) is 0 Å². The molecule has 0 saturated heterocycles. The first kappa shape index (κ1) is 16.0. The first-order chi connectivity index (χ1) is 10.0. The van der Waals surface area contributed by atoms with Gasteiger partial charge in [-0.3, -0.25) is 9.69 Å². The maximum atomic E-state index is 12.5. The molecule has 0 atom stereocenters. The van der Waals surface area contributed by atoms with Crippen molar-refractivity contribution >= 4 is 28.8 Å². The second-order valence-corrected chi connectivity index (χ2v) is 6.66. The SMILES string of the molecule is COC(=O)c1sc(C(=O)C2CCCC2)cc1NCN(C)C. The number of carbonyl (C=O) groups excluding carboxylic acids is 2. The van der Waals surface area contributed by atoms with Crippen LogP contribution in [0.3, 0.4) is 0 Å². The summed E-state index contributed by atoms with van der Waals surface area (Å²) in [5.74, 6) is -0.108. The zero-order valence-corrected chi connectivity index (χ0v) is 13.6. The number of nitrogens with zero attached hydrogens (tertiary/aromatic N) is 1. The summed E-state index contributed by atoms with van der Waals surface area (Å²) in [5, 5.41) is 3.18. The molecule has 0 amide bonds. The van der Waals surface area contributed by atoms with Gasteiger partial charge in [0.2, 0.25) is 0 Å². The number of hydrogen-bond acceptors (Lipinski definition) is 6. The highest BCUT2D eigenvalue weighted by Gasteiger charge is 2.27. The van der Waals surface area contributed by atoms with Crippen LogP contribution in [0.25, 0.3) is 0 Å². The van der Waals surface area contributed by atoms with E-state index >= 15 is 0 Å². The van der Waals surface area contributed by atoms with Crippen molar-refractivity contribution in [2.24, 2.45) is 5.92 Å². The molecular weight excluding hydrogens is 288 g/mol. The third kappa shape index (κ3) is 3.83. The fraction of sp³-hybridized carbons (Fsp3) is 0.600. The minimum Gasteiger partial charge on any atom is -0.465 e. The highest BCUT2D eigenvalue weighted by atomic mass is 32.1. The number of nitrogens with one attached hydrogen (secondary N) is 1. The van der Waals surface area contributed by atoms with E-state index in [1.807, 2.05) is 19.0 Å². The van der Waals surface area contributed by atoms with Crippen LogP contribution in [-0.2, 0) is 4.74 Å². The Labute approximate surface area is 129 Å². The van der Waals surface area contributed by atoms with E-state index in [2.05, 4.69) is 5.32 Å². The van der Waals surface area contributed by atoms with Gasteiger partial charge in [0.15, 0.2) is 5.78 Å². The number of carbonyl (C=O) groups is 2. The fourth-order valence-corrected chi connectivity index (χ4v) is 3.59. The van der Waals surface area contributed by atoms with Gasteiger partial charge >= 0.3 is 5.97 Å². The number of rotatable bonds is 6. The number of thiophene rings is 1. The molecule has 0 radical (unpaired) electrons. The molecule has 116 valence electrons. The van der Waals surface area contributed by atoms with Gasteiger partial charge in [0.1, 0.15) is 4.88 Å². The third-order valence-corrected chi connectivity index (χ3v) is 4.79. The molecule has 1 fully saturated rings. The molecule has 0 aromatic carbocycles. The summed E-state index contributed by atoms with van der Waals surface area (Å²) in [5.41, 5.74) is 0.682. The molecule has 0 bridgehead atoms. The van der Waals surface area contributed by atoms with Crippen LogP contribution in [0.5, 0.6) is 0 Å². The quantitative estimate of drug-likeness (QED) is 0.497. The largest absolute Gasteiger partial charge is 0.465 e. The number of Topliss-reactive ketones (excluding diaryl/α,β-unsaturated/α-hetero) is 1. The zero-order chi connectivity index (χ0) is 15.4. The van der Waals surface area contributed by atoms with Crippen LogP contribution in [0.2, 0.25) is 0 Å². The molecule has 0 unspecified atom stereocenters. The molecule has 0 spiro atoms. The Morgan fingerprint density at radius 3 is 2.62 bits per heavy atom. The van der Waals surface area contributed by atoms with Crippen molar-refractivity contribution in [2.45, 2.75) is 25.7 Å². The second kappa shape index (κ2) is 7.04. The van der Waals surface area contributed by atoms with Crippen molar-refractivity contribution in [1.82, 2.24) is 4.90 Å². The van der Waals surface area contributed by atoms with E-state index in [-0.39, 0.29) is 11.7 Å². The zero-order valence-electron chi connectivity index (χ0n) is 12.8. The molecule has 1 aliphatic rings. The molecule has 21 heavy (non-hydrogen) atoms. The van der Waals surface area contributed by atoms with Crippen molar-refractivity contribution in [3.8, 4) is 0 Å². The van der Waals surface area contributed by atoms with Crippen LogP contribution in [0.1, 0.15) is 45.0 Å². The number of ketones is 1. The topological polar surface area (TPSA) is 58.6 Å². The van der Waals surface area contributed by atoms with Gasteiger partial charge < -0.3 is 10.1 Å². The van der Waals surface area contributed by atoms with Gasteiger partial charge in [0.05, 0.1) is 24.3 Å². The second-order valence-electron chi connectivity index (χ2n) is 5.61. The van der Waals surface area contributed by atoms with Gasteiger partial charge in [0.25, 0.3) is 0 Å². The monoisotopic (exact) mass is 310 g/mol. The summed E-state index contributed by atoms with van der Waals surface area (Å²) in [6.45, 7) is 0.595. The lowest BCUT2D eigenvalue weighted by atomic mass is 10.0. The Bertz CT molecular complexity index is 519. The van der Waals surface area contributed by atoms with E-state index in [4.69, 9.17) is 4.74 Å². The van der Waals surface area contributed by atoms with E-state index in [0.717, 1.165) is 25.7 Å². The van der Waals surface area contributed by atoms with Crippen LogP contribution < -0.4 is 5.32 Å². The van der Waals surface area contributed by atoms with Gasteiger partial charge in [-0.05, 0) is 33.0 Å². The normalized spacial score (nSPS) is 15.4. The summed E-state index contributed by atoms with van der Waals surface area (Å²) in [6.07, 6.45) is 4.17. The van der Waals surface area contributed by atoms with Crippen LogP contribution in [0.15, 0.2) is 6.07 Å². The first-order valence-electron chi connectivity index (χ1n) is 7.18. The van der Waals surface area contributed by atoms with Crippen LogP contribution in [-0.4, -0.2) is 44.5 Å². The Kier molecular flexibility index (Phi) is 5.36. The van der Waals surface area contributed by atoms with Crippen LogP contribution in [0, 0.1) is 5.92 Å². The summed E-state index contributed by atoms with van der Waals surface area (Å²) in [6, 6.07) is 1.79. The lowest BCUT2D eigenvalue weighted by Crippen LogP contribution is -2.21. The number of anilines is 1. The first-order valence-corrected chi connectivity index (χ1v) is 7.99. The maximum absolute atomic E-state index is 12.5. The highest BCUT2D eigenvalue weighted by Crippen LogP contribution is 2.34. The third-order valence-electron chi connectivity index (χ3n) is 3.66. The number of methoxy groups -OCH3 is 1. The molecule has 2 rings (SSSR count). The van der Waals surface area contributed by atoms with Crippen molar-refractivity contribution in [3.05, 3.63) is 15.8 Å². The minimum absolute atomic E-state index is 0.121. The number of hydrogen-bond donors (Lipinski definition) is 1. The summed E-state index contributed by atoms with van der Waals surface area (Å²) >= 11 is 1.23. The Morgan fingerprint density at radius 1 is 1.38 bits per heavy atom. The van der Waals surface area contributed by atoms with Crippen LogP contribution >= 0.6 is 11.3 Å². The molecule has 1 aromatic heterocycles. The highest BCUT2D eigenvalue weighted by molar-refractivity contribution is 7.16. The molecule has 1 heterocycles. The van der Waals surface area contributed by atoms with E-state index in [0.29, 0.717) is 22.1 Å². The standard InChI is InChI=1S/C15H22N2O3S/c1-17(2)9-16-11-8-12(21-14(11)15(19)20-3)13(18)10-6-4-5-7-10/h8,10,16H,4-7,9H2,1-3H3. The molecule has 1 aliphatic carbocycles. The maximum Gasteiger partial charge on any atom is 0.350 e. The molecule has 6 heteroatoms. The smallest absolute Gasteiger partial charge is 0.350 e. The Hall–Kier alpha value is -1.40. The van der Waals surface area contributed by atoms with Gasteiger partial charge in [-0.15, -0.1) is 11.3 Å². The van der Waals surface area contributed by atoms with Gasteiger partial charge in [-0.25, -0.2) is 4.79 Å². The number of ether oxygens (including phenoxy) is 1. The van der Waals surface area contributed by atoms with Gasteiger partial charge in [-0.1, -0.05) is 12.8 Å². The molecule has 5 nitrogen and oxygen atoms in total.